The van der Waals surface area contributed by atoms with Gasteiger partial charge in [0.2, 0.25) is 5.91 Å². The van der Waals surface area contributed by atoms with Gasteiger partial charge in [0.15, 0.2) is 0 Å². The molecule has 0 aromatic heterocycles. The number of carbonyl (C=O) groups excluding carboxylic acids is 1. The van der Waals surface area contributed by atoms with Crippen molar-refractivity contribution in [2.24, 2.45) is 0 Å². The molecule has 3 rings (SSSR count). The molecule has 0 saturated carbocycles. The number of hydrogen-bond donors (Lipinski definition) is 1. The highest BCUT2D eigenvalue weighted by molar-refractivity contribution is 5.81. The highest BCUT2D eigenvalue weighted by Gasteiger charge is 2.24. The highest BCUT2D eigenvalue weighted by Crippen LogP contribution is 2.15. The van der Waals surface area contributed by atoms with E-state index in [2.05, 4.69) is 15.1 Å². The molecule has 1 aliphatic rings. The maximum atomic E-state index is 13.9. The second kappa shape index (κ2) is 10.4. The lowest BCUT2D eigenvalue weighted by molar-refractivity contribution is -0.126. The predicted molar refractivity (Wildman–Crippen MR) is 112 cm³/mol. The maximum absolute atomic E-state index is 13.9. The predicted octanol–water partition coefficient (Wildman–Crippen LogP) is 3.05. The number of halogens is 1. The van der Waals surface area contributed by atoms with Crippen molar-refractivity contribution >= 4 is 5.91 Å². The van der Waals surface area contributed by atoms with Crippen molar-refractivity contribution in [3.63, 3.8) is 0 Å². The lowest BCUT2D eigenvalue weighted by atomic mass is 10.2. The van der Waals surface area contributed by atoms with E-state index in [4.69, 9.17) is 4.74 Å². The molecule has 0 bridgehead atoms. The normalized spacial score (nSPS) is 16.8. The minimum absolute atomic E-state index is 0.0235. The van der Waals surface area contributed by atoms with Gasteiger partial charge in [-0.1, -0.05) is 30.3 Å². The van der Waals surface area contributed by atoms with E-state index in [0.29, 0.717) is 13.1 Å². The molecule has 1 aliphatic heterocycles. The first-order chi connectivity index (χ1) is 14.1. The molecule has 0 aliphatic carbocycles. The molecular weight excluding hydrogens is 369 g/mol. The monoisotopic (exact) mass is 399 g/mol. The fraction of sp³-hybridized carbons (Fsp3) is 0.435. The van der Waals surface area contributed by atoms with Crippen molar-refractivity contribution in [3.05, 3.63) is 65.5 Å². The van der Waals surface area contributed by atoms with Gasteiger partial charge in [-0.25, -0.2) is 4.39 Å². The summed E-state index contributed by atoms with van der Waals surface area (Å²) in [4.78, 5) is 17.1. The van der Waals surface area contributed by atoms with Crippen LogP contribution in [-0.4, -0.2) is 55.0 Å². The zero-order valence-corrected chi connectivity index (χ0v) is 17.2. The van der Waals surface area contributed by atoms with Crippen LogP contribution in [0.5, 0.6) is 5.75 Å². The molecule has 1 unspecified atom stereocenters. The molecule has 5 nitrogen and oxygen atoms in total. The van der Waals surface area contributed by atoms with Crippen LogP contribution >= 0.6 is 0 Å². The highest BCUT2D eigenvalue weighted by atomic mass is 19.1. The van der Waals surface area contributed by atoms with Crippen molar-refractivity contribution in [1.29, 1.82) is 0 Å². The Balaban J connectivity index is 1.49. The van der Waals surface area contributed by atoms with Gasteiger partial charge in [-0.2, -0.15) is 0 Å². The lowest BCUT2D eigenvalue weighted by Gasteiger charge is -2.27. The van der Waals surface area contributed by atoms with Crippen LogP contribution < -0.4 is 10.1 Å². The average Bonchev–Trinajstić information content (AvgIpc) is 2.99. The fourth-order valence-electron chi connectivity index (χ4n) is 3.69. The Morgan fingerprint density at radius 1 is 1.14 bits per heavy atom. The van der Waals surface area contributed by atoms with Gasteiger partial charge in [0.1, 0.15) is 11.6 Å². The van der Waals surface area contributed by atoms with E-state index < -0.39 is 0 Å². The number of nitrogens with one attached hydrogen (secondary N) is 1. The molecule has 6 heteroatoms. The van der Waals surface area contributed by atoms with Crippen LogP contribution in [0.1, 0.15) is 24.5 Å². The van der Waals surface area contributed by atoms with Crippen molar-refractivity contribution in [2.75, 3.05) is 33.3 Å². The molecular formula is C23H30FN3O2. The lowest BCUT2D eigenvalue weighted by Crippen LogP contribution is -2.46. The molecule has 1 amide bonds. The van der Waals surface area contributed by atoms with Crippen LogP contribution in [0.3, 0.4) is 0 Å². The molecule has 0 spiro atoms. The van der Waals surface area contributed by atoms with Crippen LogP contribution in [0.4, 0.5) is 4.39 Å². The number of rotatable bonds is 7. The Labute approximate surface area is 172 Å². The summed E-state index contributed by atoms with van der Waals surface area (Å²) in [6.45, 7) is 6.42. The minimum atomic E-state index is -0.200. The number of hydrogen-bond acceptors (Lipinski definition) is 4. The largest absolute Gasteiger partial charge is 0.497 e. The Morgan fingerprint density at radius 2 is 1.97 bits per heavy atom. The Kier molecular flexibility index (Phi) is 7.61. The summed E-state index contributed by atoms with van der Waals surface area (Å²) in [7, 11) is 1.63. The van der Waals surface area contributed by atoms with Gasteiger partial charge in [-0.3, -0.25) is 14.6 Å². The van der Waals surface area contributed by atoms with E-state index in [-0.39, 0.29) is 17.8 Å². The van der Waals surface area contributed by atoms with Crippen molar-refractivity contribution in [3.8, 4) is 5.75 Å². The van der Waals surface area contributed by atoms with Gasteiger partial charge < -0.3 is 10.1 Å². The third-order valence-electron chi connectivity index (χ3n) is 5.50. The quantitative estimate of drug-likeness (QED) is 0.777. The third-order valence-corrected chi connectivity index (χ3v) is 5.50. The summed E-state index contributed by atoms with van der Waals surface area (Å²) in [5.74, 6) is 0.654. The fourth-order valence-corrected chi connectivity index (χ4v) is 3.69. The van der Waals surface area contributed by atoms with Gasteiger partial charge >= 0.3 is 0 Å². The molecule has 2 aromatic carbocycles. The first-order valence-electron chi connectivity index (χ1n) is 10.2. The molecule has 2 aromatic rings. The van der Waals surface area contributed by atoms with E-state index in [9.17, 15) is 9.18 Å². The number of carbonyl (C=O) groups is 1. The topological polar surface area (TPSA) is 44.8 Å². The zero-order chi connectivity index (χ0) is 20.6. The number of methoxy groups -OCH3 is 1. The van der Waals surface area contributed by atoms with Gasteiger partial charge in [-0.05, 0) is 43.7 Å². The van der Waals surface area contributed by atoms with Crippen molar-refractivity contribution < 1.29 is 13.9 Å². The molecule has 1 N–H and O–H groups in total. The molecule has 1 atom stereocenters. The summed E-state index contributed by atoms with van der Waals surface area (Å²) in [6, 6.07) is 14.4. The summed E-state index contributed by atoms with van der Waals surface area (Å²) in [6.07, 6.45) is 0.960. The van der Waals surface area contributed by atoms with Crippen LogP contribution in [0, 0.1) is 5.82 Å². The van der Waals surface area contributed by atoms with E-state index in [0.717, 1.165) is 49.5 Å². The molecule has 29 heavy (non-hydrogen) atoms. The molecule has 1 saturated heterocycles. The van der Waals surface area contributed by atoms with Crippen molar-refractivity contribution in [2.45, 2.75) is 32.5 Å². The van der Waals surface area contributed by atoms with E-state index in [1.165, 1.54) is 6.07 Å². The van der Waals surface area contributed by atoms with Crippen LogP contribution in [0.15, 0.2) is 48.5 Å². The van der Waals surface area contributed by atoms with Crippen LogP contribution in [0.25, 0.3) is 0 Å². The molecule has 0 radical (unpaired) electrons. The smallest absolute Gasteiger partial charge is 0.237 e. The Hall–Kier alpha value is -2.44. The van der Waals surface area contributed by atoms with Crippen LogP contribution in [0.2, 0.25) is 0 Å². The first kappa shape index (κ1) is 21.3. The molecule has 156 valence electrons. The van der Waals surface area contributed by atoms with Crippen molar-refractivity contribution in [1.82, 2.24) is 15.1 Å². The number of nitrogens with zero attached hydrogens (tertiary/aromatic N) is 2. The Bertz CT molecular complexity index is 814. The summed E-state index contributed by atoms with van der Waals surface area (Å²) < 4.78 is 19.2. The first-order valence-corrected chi connectivity index (χ1v) is 10.2. The number of ether oxygens (including phenoxy) is 1. The minimum Gasteiger partial charge on any atom is -0.497 e. The van der Waals surface area contributed by atoms with Gasteiger partial charge in [-0.15, -0.1) is 0 Å². The zero-order valence-electron chi connectivity index (χ0n) is 17.2. The third kappa shape index (κ3) is 6.02. The van der Waals surface area contributed by atoms with Gasteiger partial charge in [0.05, 0.1) is 13.2 Å². The van der Waals surface area contributed by atoms with Gasteiger partial charge in [0.25, 0.3) is 0 Å². The van der Waals surface area contributed by atoms with E-state index in [1.807, 2.05) is 43.3 Å². The summed E-state index contributed by atoms with van der Waals surface area (Å²) in [5, 5.41) is 3.03. The second-order valence-electron chi connectivity index (χ2n) is 7.50. The van der Waals surface area contributed by atoms with E-state index in [1.54, 1.807) is 13.2 Å². The summed E-state index contributed by atoms with van der Waals surface area (Å²) in [5.41, 5.74) is 1.74. The Morgan fingerprint density at radius 3 is 2.76 bits per heavy atom. The summed E-state index contributed by atoms with van der Waals surface area (Å²) >= 11 is 0. The van der Waals surface area contributed by atoms with E-state index >= 15 is 0 Å². The molecule has 1 fully saturated rings. The van der Waals surface area contributed by atoms with Gasteiger partial charge in [0, 0.05) is 38.3 Å². The number of amides is 1. The standard InChI is InChI=1S/C23H30FN3O2/c1-18(23(28)25-16-19-7-5-9-21(15-19)29-2)27-12-6-11-26(13-14-27)17-20-8-3-4-10-22(20)24/h3-5,7-10,15,18H,6,11-14,16-17H2,1-2H3,(H,25,28). The second-order valence-corrected chi connectivity index (χ2v) is 7.50. The average molecular weight is 400 g/mol. The van der Waals surface area contributed by atoms with Crippen LogP contribution in [-0.2, 0) is 17.9 Å². The SMILES string of the molecule is COc1cccc(CNC(=O)C(C)N2CCCN(Cc3ccccc3F)CC2)c1. The number of benzene rings is 2. The molecule has 1 heterocycles. The maximum Gasteiger partial charge on any atom is 0.237 e.